The van der Waals surface area contributed by atoms with Crippen molar-refractivity contribution >= 4 is 9.84 Å². The van der Waals surface area contributed by atoms with Crippen molar-refractivity contribution in [3.05, 3.63) is 0 Å². The molecule has 0 aliphatic carbocycles. The normalized spacial score (nSPS) is 21.6. The van der Waals surface area contributed by atoms with Crippen LogP contribution in [0.25, 0.3) is 0 Å². The fourth-order valence-electron chi connectivity index (χ4n) is 1.79. The maximum atomic E-state index is 11.3. The highest BCUT2D eigenvalue weighted by molar-refractivity contribution is 7.91. The van der Waals surface area contributed by atoms with Crippen LogP contribution in [0.2, 0.25) is 0 Å². The molecule has 0 N–H and O–H groups in total. The van der Waals surface area contributed by atoms with Gasteiger partial charge in [0.1, 0.15) is 0 Å². The minimum absolute atomic E-state index is 0.208. The third kappa shape index (κ3) is 3.76. The molecule has 0 spiro atoms. The molecule has 1 rings (SSSR count). The van der Waals surface area contributed by atoms with Crippen molar-refractivity contribution in [2.75, 3.05) is 31.1 Å². The topological polar surface area (TPSA) is 61.2 Å². The largest absolute Gasteiger partial charge is 0.302 e. The Kier molecular flexibility index (Phi) is 4.34. The fraction of sp³-hybridized carbons (Fsp3) is 0.909. The van der Waals surface area contributed by atoms with Gasteiger partial charge in [-0.25, -0.2) is 8.42 Å². The first-order valence-electron chi connectivity index (χ1n) is 5.75. The number of rotatable bonds is 4. The van der Waals surface area contributed by atoms with Gasteiger partial charge in [-0.3, -0.25) is 0 Å². The van der Waals surface area contributed by atoms with E-state index in [0.29, 0.717) is 6.54 Å². The van der Waals surface area contributed by atoms with Gasteiger partial charge >= 0.3 is 0 Å². The number of nitriles is 1. The predicted octanol–water partition coefficient (Wildman–Crippen LogP) is 1.05. The van der Waals surface area contributed by atoms with Gasteiger partial charge < -0.3 is 4.90 Å². The van der Waals surface area contributed by atoms with Gasteiger partial charge in [0.05, 0.1) is 17.2 Å². The number of piperidine rings is 1. The maximum absolute atomic E-state index is 11.3. The molecule has 1 heterocycles. The molecule has 0 radical (unpaired) electrons. The van der Waals surface area contributed by atoms with Crippen LogP contribution in [0.15, 0.2) is 0 Å². The number of sulfone groups is 1. The summed E-state index contributed by atoms with van der Waals surface area (Å²) in [7, 11) is -2.86. The van der Waals surface area contributed by atoms with Crippen LogP contribution in [-0.4, -0.2) is 44.5 Å². The highest BCUT2D eigenvalue weighted by Crippen LogP contribution is 2.29. The number of hydrogen-bond acceptors (Lipinski definition) is 4. The van der Waals surface area contributed by atoms with E-state index >= 15 is 0 Å². The van der Waals surface area contributed by atoms with E-state index in [4.69, 9.17) is 5.26 Å². The van der Waals surface area contributed by atoms with Crippen LogP contribution in [0.5, 0.6) is 0 Å². The third-order valence-corrected chi connectivity index (χ3v) is 5.07. The quantitative estimate of drug-likeness (QED) is 0.741. The van der Waals surface area contributed by atoms with Gasteiger partial charge in [-0.1, -0.05) is 6.92 Å². The lowest BCUT2D eigenvalue weighted by atomic mass is 9.82. The van der Waals surface area contributed by atoms with Crippen LogP contribution >= 0.6 is 0 Å². The summed E-state index contributed by atoms with van der Waals surface area (Å²) in [5, 5.41) is 8.97. The molecular formula is C11H20N2O2S. The Morgan fingerprint density at radius 2 is 1.94 bits per heavy atom. The summed E-state index contributed by atoms with van der Waals surface area (Å²) in [4.78, 5) is 2.15. The fourth-order valence-corrected chi connectivity index (χ4v) is 2.62. The molecule has 16 heavy (non-hydrogen) atoms. The monoisotopic (exact) mass is 244 g/mol. The van der Waals surface area contributed by atoms with Gasteiger partial charge in [0.25, 0.3) is 0 Å². The molecule has 0 aromatic rings. The molecule has 0 aromatic carbocycles. The van der Waals surface area contributed by atoms with Crippen molar-refractivity contribution in [3.8, 4) is 6.07 Å². The zero-order chi connectivity index (χ0) is 12.2. The highest BCUT2D eigenvalue weighted by Gasteiger charge is 2.29. The van der Waals surface area contributed by atoms with E-state index in [-0.39, 0.29) is 16.9 Å². The molecule has 1 saturated heterocycles. The summed E-state index contributed by atoms with van der Waals surface area (Å²) in [5.74, 6) is 0.462. The zero-order valence-corrected chi connectivity index (χ0v) is 10.9. The Hall–Kier alpha value is -0.600. The average molecular weight is 244 g/mol. The summed E-state index contributed by atoms with van der Waals surface area (Å²) in [6.07, 6.45) is 1.69. The molecule has 1 aliphatic heterocycles. The van der Waals surface area contributed by atoms with Gasteiger partial charge in [-0.05, 0) is 32.9 Å². The summed E-state index contributed by atoms with van der Waals surface area (Å²) in [6, 6.07) is 2.34. The van der Waals surface area contributed by atoms with Crippen molar-refractivity contribution in [2.45, 2.75) is 26.7 Å². The van der Waals surface area contributed by atoms with E-state index in [2.05, 4.69) is 11.0 Å². The van der Waals surface area contributed by atoms with Gasteiger partial charge in [-0.15, -0.1) is 0 Å². The second kappa shape index (κ2) is 5.15. The molecule has 0 bridgehead atoms. The summed E-state index contributed by atoms with van der Waals surface area (Å²) >= 11 is 0. The van der Waals surface area contributed by atoms with Crippen molar-refractivity contribution in [1.82, 2.24) is 4.90 Å². The highest BCUT2D eigenvalue weighted by atomic mass is 32.2. The third-order valence-electron chi connectivity index (χ3n) is 3.39. The smallest absolute Gasteiger partial charge is 0.151 e. The lowest BCUT2D eigenvalue weighted by molar-refractivity contribution is 0.164. The van der Waals surface area contributed by atoms with Gasteiger partial charge in [0, 0.05) is 12.3 Å². The van der Waals surface area contributed by atoms with Gasteiger partial charge in [0.2, 0.25) is 0 Å². The van der Waals surface area contributed by atoms with E-state index in [1.807, 2.05) is 6.92 Å². The average Bonchev–Trinajstić information content (AvgIpc) is 2.29. The molecule has 1 aliphatic rings. The summed E-state index contributed by atoms with van der Waals surface area (Å²) in [5.41, 5.74) is -0.208. The van der Waals surface area contributed by atoms with Crippen LogP contribution in [0.4, 0.5) is 0 Å². The Morgan fingerprint density at radius 3 is 2.38 bits per heavy atom. The van der Waals surface area contributed by atoms with Crippen LogP contribution in [-0.2, 0) is 9.84 Å². The first-order chi connectivity index (χ1) is 7.41. The van der Waals surface area contributed by atoms with Crippen molar-refractivity contribution in [3.63, 3.8) is 0 Å². The minimum Gasteiger partial charge on any atom is -0.302 e. The molecule has 92 valence electrons. The lowest BCUT2D eigenvalue weighted by Gasteiger charge is -2.34. The molecule has 5 heteroatoms. The molecule has 1 fully saturated rings. The number of nitrogens with zero attached hydrogens (tertiary/aromatic N) is 2. The number of likely N-dealkylation sites (tertiary alicyclic amines) is 1. The van der Waals surface area contributed by atoms with Crippen molar-refractivity contribution in [2.24, 2.45) is 5.41 Å². The second-order valence-electron chi connectivity index (χ2n) is 4.75. The maximum Gasteiger partial charge on any atom is 0.151 e. The Morgan fingerprint density at radius 1 is 1.38 bits per heavy atom. The number of hydrogen-bond donors (Lipinski definition) is 0. The van der Waals surface area contributed by atoms with Crippen molar-refractivity contribution < 1.29 is 8.42 Å². The second-order valence-corrected chi connectivity index (χ2v) is 7.22. The SMILES string of the molecule is CCS(=O)(=O)CCN1CCC(C)(C#N)CC1. The van der Waals surface area contributed by atoms with Crippen LogP contribution in [0.3, 0.4) is 0 Å². The lowest BCUT2D eigenvalue weighted by Crippen LogP contribution is -2.40. The van der Waals surface area contributed by atoms with Crippen molar-refractivity contribution in [1.29, 1.82) is 5.26 Å². The Balaban J connectivity index is 2.37. The van der Waals surface area contributed by atoms with E-state index in [0.717, 1.165) is 25.9 Å². The molecule has 0 saturated carbocycles. The van der Waals surface area contributed by atoms with Crippen LogP contribution < -0.4 is 0 Å². The first kappa shape index (κ1) is 13.5. The Labute approximate surface area is 98.2 Å². The minimum atomic E-state index is -2.86. The summed E-state index contributed by atoms with van der Waals surface area (Å²) < 4.78 is 22.7. The predicted molar refractivity (Wildman–Crippen MR) is 63.7 cm³/mol. The molecule has 0 amide bonds. The van der Waals surface area contributed by atoms with E-state index in [9.17, 15) is 8.42 Å². The van der Waals surface area contributed by atoms with E-state index in [1.54, 1.807) is 6.92 Å². The van der Waals surface area contributed by atoms with Gasteiger partial charge in [-0.2, -0.15) is 5.26 Å². The van der Waals surface area contributed by atoms with Crippen LogP contribution in [0.1, 0.15) is 26.7 Å². The standard InChI is InChI=1S/C11H20N2O2S/c1-3-16(14,15)9-8-13-6-4-11(2,10-12)5-7-13/h3-9H2,1-2H3. The first-order valence-corrected chi connectivity index (χ1v) is 7.57. The molecular weight excluding hydrogens is 224 g/mol. The Bertz CT molecular complexity index is 362. The van der Waals surface area contributed by atoms with Gasteiger partial charge in [0.15, 0.2) is 9.84 Å². The summed E-state index contributed by atoms with van der Waals surface area (Å²) in [6.45, 7) is 5.94. The molecule has 0 aromatic heterocycles. The van der Waals surface area contributed by atoms with Crippen LogP contribution in [0, 0.1) is 16.7 Å². The zero-order valence-electron chi connectivity index (χ0n) is 10.1. The molecule has 0 unspecified atom stereocenters. The van der Waals surface area contributed by atoms with E-state index < -0.39 is 9.84 Å². The van der Waals surface area contributed by atoms with E-state index in [1.165, 1.54) is 0 Å². The molecule has 4 nitrogen and oxygen atoms in total. The molecule has 0 atom stereocenters.